The summed E-state index contributed by atoms with van der Waals surface area (Å²) in [5.74, 6) is 1.22. The van der Waals surface area contributed by atoms with Gasteiger partial charge in [0.25, 0.3) is 0 Å². The van der Waals surface area contributed by atoms with Gasteiger partial charge in [-0.1, -0.05) is 11.6 Å². The lowest BCUT2D eigenvalue weighted by molar-refractivity contribution is 0.112. The van der Waals surface area contributed by atoms with E-state index in [4.69, 9.17) is 4.74 Å². The van der Waals surface area contributed by atoms with Crippen molar-refractivity contribution in [3.8, 4) is 11.5 Å². The van der Waals surface area contributed by atoms with Crippen molar-refractivity contribution in [2.24, 2.45) is 0 Å². The summed E-state index contributed by atoms with van der Waals surface area (Å²) in [4.78, 5) is 15.1. The van der Waals surface area contributed by atoms with Crippen molar-refractivity contribution in [3.63, 3.8) is 0 Å². The molecule has 2 rings (SSSR count). The Morgan fingerprint density at radius 1 is 1.18 bits per heavy atom. The van der Waals surface area contributed by atoms with Crippen molar-refractivity contribution < 1.29 is 9.53 Å². The molecule has 1 aromatic heterocycles. The van der Waals surface area contributed by atoms with Crippen LogP contribution in [0.15, 0.2) is 36.5 Å². The number of aldehydes is 1. The molecular weight excluding hydrogens is 214 g/mol. The largest absolute Gasteiger partial charge is 0.455 e. The summed E-state index contributed by atoms with van der Waals surface area (Å²) in [6, 6.07) is 9.14. The average molecular weight is 227 g/mol. The fraction of sp³-hybridized carbons (Fsp3) is 0.143. The number of hydrogen-bond acceptors (Lipinski definition) is 3. The number of aryl methyl sites for hydroxylation is 2. The van der Waals surface area contributed by atoms with Crippen LogP contribution in [0.25, 0.3) is 0 Å². The SMILES string of the molecule is Cc1ccc(Oc2cccnc2C)c(C=O)c1. The van der Waals surface area contributed by atoms with Crippen LogP contribution < -0.4 is 4.74 Å². The Morgan fingerprint density at radius 3 is 2.71 bits per heavy atom. The first-order valence-corrected chi connectivity index (χ1v) is 5.36. The van der Waals surface area contributed by atoms with Crippen molar-refractivity contribution in [2.45, 2.75) is 13.8 Å². The predicted molar refractivity (Wildman–Crippen MR) is 65.6 cm³/mol. The van der Waals surface area contributed by atoms with E-state index >= 15 is 0 Å². The van der Waals surface area contributed by atoms with Crippen molar-refractivity contribution in [1.82, 2.24) is 4.98 Å². The van der Waals surface area contributed by atoms with Gasteiger partial charge in [-0.25, -0.2) is 0 Å². The number of benzene rings is 1. The second-order valence-electron chi connectivity index (χ2n) is 3.85. The smallest absolute Gasteiger partial charge is 0.153 e. The molecule has 1 aromatic carbocycles. The molecule has 2 aromatic rings. The first kappa shape index (κ1) is 11.3. The van der Waals surface area contributed by atoms with Gasteiger partial charge in [-0.05, 0) is 38.1 Å². The maximum absolute atomic E-state index is 11.0. The van der Waals surface area contributed by atoms with Crippen molar-refractivity contribution in [1.29, 1.82) is 0 Å². The minimum Gasteiger partial charge on any atom is -0.455 e. The maximum atomic E-state index is 11.0. The Bertz CT molecular complexity index is 550. The minimum atomic E-state index is 0.549. The summed E-state index contributed by atoms with van der Waals surface area (Å²) in [7, 11) is 0. The molecular formula is C14H13NO2. The molecule has 3 nitrogen and oxygen atoms in total. The molecule has 0 amide bonds. The Hall–Kier alpha value is -2.16. The van der Waals surface area contributed by atoms with E-state index in [0.29, 0.717) is 17.1 Å². The number of aromatic nitrogens is 1. The molecule has 0 saturated carbocycles. The molecule has 0 spiro atoms. The molecule has 0 atom stereocenters. The second kappa shape index (κ2) is 4.78. The van der Waals surface area contributed by atoms with Crippen LogP contribution in [0.4, 0.5) is 0 Å². The average Bonchev–Trinajstić information content (AvgIpc) is 2.34. The lowest BCUT2D eigenvalue weighted by atomic mass is 10.1. The van der Waals surface area contributed by atoms with Gasteiger partial charge in [0.15, 0.2) is 6.29 Å². The topological polar surface area (TPSA) is 39.2 Å². The summed E-state index contributed by atoms with van der Waals surface area (Å²) >= 11 is 0. The Kier molecular flexibility index (Phi) is 3.19. The van der Waals surface area contributed by atoms with E-state index in [1.807, 2.05) is 26.0 Å². The van der Waals surface area contributed by atoms with Crippen LogP contribution in [0.2, 0.25) is 0 Å². The van der Waals surface area contributed by atoms with Crippen molar-refractivity contribution >= 4 is 6.29 Å². The standard InChI is InChI=1S/C14H13NO2/c1-10-5-6-14(12(8-10)9-16)17-13-4-3-7-15-11(13)2/h3-9H,1-2H3. The first-order valence-electron chi connectivity index (χ1n) is 5.36. The Labute approximate surface area is 100 Å². The van der Waals surface area contributed by atoms with Gasteiger partial charge in [0.05, 0.1) is 11.3 Å². The number of carbonyl (C=O) groups is 1. The monoisotopic (exact) mass is 227 g/mol. The molecule has 86 valence electrons. The van der Waals surface area contributed by atoms with E-state index in [0.717, 1.165) is 17.5 Å². The van der Waals surface area contributed by atoms with Gasteiger partial charge in [-0.2, -0.15) is 0 Å². The number of nitrogens with zero attached hydrogens (tertiary/aromatic N) is 1. The zero-order chi connectivity index (χ0) is 12.3. The Balaban J connectivity index is 2.36. The van der Waals surface area contributed by atoms with E-state index in [1.165, 1.54) is 0 Å². The summed E-state index contributed by atoms with van der Waals surface area (Å²) in [5.41, 5.74) is 2.38. The van der Waals surface area contributed by atoms with Gasteiger partial charge in [0.2, 0.25) is 0 Å². The zero-order valence-electron chi connectivity index (χ0n) is 9.81. The van der Waals surface area contributed by atoms with Gasteiger partial charge in [0.1, 0.15) is 11.5 Å². The highest BCUT2D eigenvalue weighted by atomic mass is 16.5. The Morgan fingerprint density at radius 2 is 2.00 bits per heavy atom. The normalized spacial score (nSPS) is 10.0. The van der Waals surface area contributed by atoms with Gasteiger partial charge >= 0.3 is 0 Å². The second-order valence-corrected chi connectivity index (χ2v) is 3.85. The molecule has 0 aliphatic heterocycles. The van der Waals surface area contributed by atoms with Crippen LogP contribution in [0, 0.1) is 13.8 Å². The highest BCUT2D eigenvalue weighted by molar-refractivity contribution is 5.79. The number of carbonyl (C=O) groups excluding carboxylic acids is 1. The predicted octanol–water partition coefficient (Wildman–Crippen LogP) is 3.30. The number of pyridine rings is 1. The number of rotatable bonds is 3. The molecule has 17 heavy (non-hydrogen) atoms. The quantitative estimate of drug-likeness (QED) is 0.755. The molecule has 1 heterocycles. The molecule has 0 aliphatic carbocycles. The zero-order valence-corrected chi connectivity index (χ0v) is 9.81. The third-order valence-corrected chi connectivity index (χ3v) is 2.47. The van der Waals surface area contributed by atoms with Crippen LogP contribution in [0.3, 0.4) is 0 Å². The van der Waals surface area contributed by atoms with Gasteiger partial charge in [-0.3, -0.25) is 9.78 Å². The summed E-state index contributed by atoms with van der Waals surface area (Å²) in [6.45, 7) is 3.80. The molecule has 0 saturated heterocycles. The van der Waals surface area contributed by atoms with E-state index in [1.54, 1.807) is 24.4 Å². The van der Waals surface area contributed by atoms with Crippen molar-refractivity contribution in [3.05, 3.63) is 53.3 Å². The fourth-order valence-corrected chi connectivity index (χ4v) is 1.55. The highest BCUT2D eigenvalue weighted by Gasteiger charge is 2.06. The molecule has 0 fully saturated rings. The van der Waals surface area contributed by atoms with Crippen LogP contribution in [0.5, 0.6) is 11.5 Å². The van der Waals surface area contributed by atoms with E-state index in [-0.39, 0.29) is 0 Å². The van der Waals surface area contributed by atoms with Gasteiger partial charge in [-0.15, -0.1) is 0 Å². The van der Waals surface area contributed by atoms with Crippen LogP contribution in [0.1, 0.15) is 21.6 Å². The summed E-state index contributed by atoms with van der Waals surface area (Å²) in [5, 5.41) is 0. The molecule has 0 bridgehead atoms. The molecule has 0 aliphatic rings. The third kappa shape index (κ3) is 2.50. The van der Waals surface area contributed by atoms with Gasteiger partial charge in [0, 0.05) is 6.20 Å². The first-order chi connectivity index (χ1) is 8.20. The van der Waals surface area contributed by atoms with Crippen LogP contribution >= 0.6 is 0 Å². The number of ether oxygens (including phenoxy) is 1. The molecule has 3 heteroatoms. The van der Waals surface area contributed by atoms with E-state index < -0.39 is 0 Å². The summed E-state index contributed by atoms with van der Waals surface area (Å²) in [6.07, 6.45) is 2.51. The highest BCUT2D eigenvalue weighted by Crippen LogP contribution is 2.26. The van der Waals surface area contributed by atoms with E-state index in [2.05, 4.69) is 4.98 Å². The van der Waals surface area contributed by atoms with Crippen LogP contribution in [-0.4, -0.2) is 11.3 Å². The third-order valence-electron chi connectivity index (χ3n) is 2.47. The van der Waals surface area contributed by atoms with E-state index in [9.17, 15) is 4.79 Å². The molecule has 0 radical (unpaired) electrons. The summed E-state index contributed by atoms with van der Waals surface area (Å²) < 4.78 is 5.69. The maximum Gasteiger partial charge on any atom is 0.153 e. The lowest BCUT2D eigenvalue weighted by Gasteiger charge is -2.09. The minimum absolute atomic E-state index is 0.549. The number of hydrogen-bond donors (Lipinski definition) is 0. The lowest BCUT2D eigenvalue weighted by Crippen LogP contribution is -1.94. The van der Waals surface area contributed by atoms with Crippen molar-refractivity contribution in [2.75, 3.05) is 0 Å². The van der Waals surface area contributed by atoms with Crippen LogP contribution in [-0.2, 0) is 0 Å². The fourth-order valence-electron chi connectivity index (χ4n) is 1.55. The molecule has 0 unspecified atom stereocenters. The van der Waals surface area contributed by atoms with Gasteiger partial charge < -0.3 is 4.74 Å². The molecule has 0 N–H and O–H groups in total.